The van der Waals surface area contributed by atoms with Crippen LogP contribution in [-0.2, 0) is 16.1 Å². The van der Waals surface area contributed by atoms with Gasteiger partial charge in [0.1, 0.15) is 12.4 Å². The second-order valence-corrected chi connectivity index (χ2v) is 4.27. The molecule has 6 heteroatoms. The molecule has 1 aliphatic rings. The number of rotatable bonds is 5. The smallest absolute Gasteiger partial charge is 0.410 e. The Balaban J connectivity index is 2.26. The van der Waals surface area contributed by atoms with Crippen molar-refractivity contribution in [3.8, 4) is 5.75 Å². The molecule has 1 N–H and O–H groups in total. The number of benzene rings is 1. The maximum absolute atomic E-state index is 11.5. The standard InChI is InChI=1S/C14H15NO5/c1-19-12-4-2-10(3-5-13(16)17)11(8-12)9-15-6-7-20-14(15)18/h2-5,8H,6-7,9H2,1H3,(H,16,17). The van der Waals surface area contributed by atoms with E-state index in [0.29, 0.717) is 25.4 Å². The zero-order valence-corrected chi connectivity index (χ0v) is 11.0. The number of amides is 1. The van der Waals surface area contributed by atoms with E-state index in [4.69, 9.17) is 14.6 Å². The topological polar surface area (TPSA) is 76.1 Å². The number of methoxy groups -OCH3 is 1. The van der Waals surface area contributed by atoms with Crippen LogP contribution < -0.4 is 4.74 Å². The fourth-order valence-corrected chi connectivity index (χ4v) is 1.94. The minimum absolute atomic E-state index is 0.356. The zero-order chi connectivity index (χ0) is 14.5. The molecular formula is C14H15NO5. The maximum Gasteiger partial charge on any atom is 0.410 e. The third kappa shape index (κ3) is 3.28. The van der Waals surface area contributed by atoms with Gasteiger partial charge in [0.15, 0.2) is 0 Å². The van der Waals surface area contributed by atoms with Crippen LogP contribution in [0.4, 0.5) is 4.79 Å². The highest BCUT2D eigenvalue weighted by Crippen LogP contribution is 2.22. The minimum atomic E-state index is -1.02. The van der Waals surface area contributed by atoms with Gasteiger partial charge in [-0.05, 0) is 29.3 Å². The Morgan fingerprint density at radius 2 is 2.35 bits per heavy atom. The first-order valence-electron chi connectivity index (χ1n) is 6.10. The molecule has 1 heterocycles. The van der Waals surface area contributed by atoms with Crippen LogP contribution >= 0.6 is 0 Å². The normalized spacial score (nSPS) is 14.7. The minimum Gasteiger partial charge on any atom is -0.497 e. The molecule has 0 aliphatic carbocycles. The number of carboxylic acids is 1. The average Bonchev–Trinajstić information content (AvgIpc) is 2.82. The highest BCUT2D eigenvalue weighted by atomic mass is 16.6. The summed E-state index contributed by atoms with van der Waals surface area (Å²) in [6, 6.07) is 5.29. The van der Waals surface area contributed by atoms with Gasteiger partial charge in [0.2, 0.25) is 0 Å². The van der Waals surface area contributed by atoms with Gasteiger partial charge >= 0.3 is 12.1 Å². The molecule has 0 atom stereocenters. The van der Waals surface area contributed by atoms with E-state index in [0.717, 1.165) is 17.2 Å². The molecule has 0 radical (unpaired) electrons. The van der Waals surface area contributed by atoms with Crippen molar-refractivity contribution < 1.29 is 24.2 Å². The lowest BCUT2D eigenvalue weighted by Crippen LogP contribution is -2.23. The lowest BCUT2D eigenvalue weighted by Gasteiger charge is -2.15. The van der Waals surface area contributed by atoms with E-state index in [1.165, 1.54) is 6.08 Å². The Labute approximate surface area is 116 Å². The summed E-state index contributed by atoms with van der Waals surface area (Å²) in [5, 5.41) is 8.70. The molecule has 6 nitrogen and oxygen atoms in total. The summed E-state index contributed by atoms with van der Waals surface area (Å²) in [6.45, 7) is 1.26. The molecule has 20 heavy (non-hydrogen) atoms. The lowest BCUT2D eigenvalue weighted by atomic mass is 10.1. The summed E-state index contributed by atoms with van der Waals surface area (Å²) in [4.78, 5) is 23.6. The van der Waals surface area contributed by atoms with Crippen molar-refractivity contribution in [3.05, 3.63) is 35.4 Å². The number of hydrogen-bond donors (Lipinski definition) is 1. The molecule has 2 rings (SSSR count). The third-order valence-electron chi connectivity index (χ3n) is 2.96. The molecule has 1 aromatic carbocycles. The monoisotopic (exact) mass is 277 g/mol. The van der Waals surface area contributed by atoms with Crippen molar-refractivity contribution in [2.24, 2.45) is 0 Å². The Hall–Kier alpha value is -2.50. The summed E-state index contributed by atoms with van der Waals surface area (Å²) in [7, 11) is 1.55. The van der Waals surface area contributed by atoms with Crippen LogP contribution in [0.25, 0.3) is 6.08 Å². The van der Waals surface area contributed by atoms with Crippen LogP contribution in [-0.4, -0.2) is 42.3 Å². The van der Waals surface area contributed by atoms with Gasteiger partial charge < -0.3 is 19.5 Å². The molecule has 1 fully saturated rings. The number of nitrogens with zero attached hydrogens (tertiary/aromatic N) is 1. The number of carbonyl (C=O) groups is 2. The Kier molecular flexibility index (Phi) is 4.24. The molecule has 0 aromatic heterocycles. The van der Waals surface area contributed by atoms with Crippen LogP contribution in [0.2, 0.25) is 0 Å². The van der Waals surface area contributed by atoms with Crippen molar-refractivity contribution >= 4 is 18.1 Å². The summed E-state index contributed by atoms with van der Waals surface area (Å²) in [6.07, 6.45) is 2.20. The second kappa shape index (κ2) is 6.10. The number of carboxylic acid groups (broad SMARTS) is 1. The number of aliphatic carboxylic acids is 1. The van der Waals surface area contributed by atoms with Crippen LogP contribution in [0.3, 0.4) is 0 Å². The SMILES string of the molecule is COc1ccc(C=CC(=O)O)c(CN2CCOC2=O)c1. The summed E-state index contributed by atoms with van der Waals surface area (Å²) >= 11 is 0. The van der Waals surface area contributed by atoms with Crippen molar-refractivity contribution in [3.63, 3.8) is 0 Å². The van der Waals surface area contributed by atoms with E-state index in [2.05, 4.69) is 0 Å². The fourth-order valence-electron chi connectivity index (χ4n) is 1.94. The van der Waals surface area contributed by atoms with E-state index in [1.807, 2.05) is 0 Å². The fraction of sp³-hybridized carbons (Fsp3) is 0.286. The van der Waals surface area contributed by atoms with Crippen molar-refractivity contribution in [1.82, 2.24) is 4.90 Å². The first kappa shape index (κ1) is 13.9. The van der Waals surface area contributed by atoms with Crippen LogP contribution in [0, 0.1) is 0 Å². The third-order valence-corrected chi connectivity index (χ3v) is 2.96. The van der Waals surface area contributed by atoms with E-state index in [9.17, 15) is 9.59 Å². The summed E-state index contributed by atoms with van der Waals surface area (Å²) in [5.74, 6) is -0.368. The maximum atomic E-state index is 11.5. The number of cyclic esters (lactones) is 1. The van der Waals surface area contributed by atoms with Crippen LogP contribution in [0.15, 0.2) is 24.3 Å². The highest BCUT2D eigenvalue weighted by Gasteiger charge is 2.22. The molecule has 106 valence electrons. The molecular weight excluding hydrogens is 262 g/mol. The van der Waals surface area contributed by atoms with E-state index < -0.39 is 5.97 Å². The average molecular weight is 277 g/mol. The van der Waals surface area contributed by atoms with Gasteiger partial charge in [-0.1, -0.05) is 6.07 Å². The van der Waals surface area contributed by atoms with Gasteiger partial charge in [-0.3, -0.25) is 0 Å². The largest absolute Gasteiger partial charge is 0.497 e. The first-order valence-corrected chi connectivity index (χ1v) is 6.10. The molecule has 1 aromatic rings. The van der Waals surface area contributed by atoms with Crippen molar-refractivity contribution in [1.29, 1.82) is 0 Å². The summed E-state index contributed by atoms with van der Waals surface area (Å²) < 4.78 is 10.0. The molecule has 0 spiro atoms. The Morgan fingerprint density at radius 3 is 2.95 bits per heavy atom. The van der Waals surface area contributed by atoms with Crippen LogP contribution in [0.5, 0.6) is 5.75 Å². The van der Waals surface area contributed by atoms with Gasteiger partial charge in [0.25, 0.3) is 0 Å². The molecule has 1 amide bonds. The second-order valence-electron chi connectivity index (χ2n) is 4.27. The lowest BCUT2D eigenvalue weighted by molar-refractivity contribution is -0.131. The van der Waals surface area contributed by atoms with Gasteiger partial charge in [-0.2, -0.15) is 0 Å². The molecule has 0 unspecified atom stereocenters. The molecule has 1 aliphatic heterocycles. The van der Waals surface area contributed by atoms with Crippen LogP contribution in [0.1, 0.15) is 11.1 Å². The van der Waals surface area contributed by atoms with Gasteiger partial charge in [-0.25, -0.2) is 9.59 Å². The molecule has 0 bridgehead atoms. The van der Waals surface area contributed by atoms with E-state index in [1.54, 1.807) is 30.2 Å². The number of hydrogen-bond acceptors (Lipinski definition) is 4. The van der Waals surface area contributed by atoms with Gasteiger partial charge in [0.05, 0.1) is 13.7 Å². The predicted octanol–water partition coefficient (Wildman–Crippen LogP) is 1.75. The molecule has 1 saturated heterocycles. The van der Waals surface area contributed by atoms with Gasteiger partial charge in [0, 0.05) is 12.6 Å². The van der Waals surface area contributed by atoms with Crippen molar-refractivity contribution in [2.45, 2.75) is 6.54 Å². The Bertz CT molecular complexity index is 552. The predicted molar refractivity (Wildman–Crippen MR) is 71.4 cm³/mol. The number of carbonyl (C=O) groups excluding carboxylic acids is 1. The van der Waals surface area contributed by atoms with Crippen molar-refractivity contribution in [2.75, 3.05) is 20.3 Å². The summed E-state index contributed by atoms with van der Waals surface area (Å²) in [5.41, 5.74) is 1.54. The number of ether oxygens (including phenoxy) is 2. The Morgan fingerprint density at radius 1 is 1.55 bits per heavy atom. The van der Waals surface area contributed by atoms with E-state index >= 15 is 0 Å². The first-order chi connectivity index (χ1) is 9.60. The highest BCUT2D eigenvalue weighted by molar-refractivity contribution is 5.85. The van der Waals surface area contributed by atoms with Gasteiger partial charge in [-0.15, -0.1) is 0 Å². The zero-order valence-electron chi connectivity index (χ0n) is 11.0. The quantitative estimate of drug-likeness (QED) is 0.830. The van der Waals surface area contributed by atoms with E-state index in [-0.39, 0.29) is 6.09 Å². The molecule has 0 saturated carbocycles.